The van der Waals surface area contributed by atoms with Crippen LogP contribution in [-0.4, -0.2) is 25.6 Å². The van der Waals surface area contributed by atoms with Crippen LogP contribution in [0.25, 0.3) is 0 Å². The number of methoxy groups -OCH3 is 1. The van der Waals surface area contributed by atoms with Crippen LogP contribution in [0.5, 0.6) is 5.75 Å². The van der Waals surface area contributed by atoms with Crippen molar-refractivity contribution in [1.82, 2.24) is 5.32 Å². The van der Waals surface area contributed by atoms with E-state index < -0.39 is 17.8 Å². The minimum Gasteiger partial charge on any atom is -0.494 e. The molecule has 0 spiro atoms. The summed E-state index contributed by atoms with van der Waals surface area (Å²) in [5, 5.41) is 5.38. The van der Waals surface area contributed by atoms with Crippen molar-refractivity contribution in [3.63, 3.8) is 0 Å². The van der Waals surface area contributed by atoms with Gasteiger partial charge >= 0.3 is 6.03 Å². The lowest BCUT2D eigenvalue weighted by Crippen LogP contribution is -2.35. The molecule has 2 N–H and O–H groups in total. The van der Waals surface area contributed by atoms with Gasteiger partial charge in [0.05, 0.1) is 24.0 Å². The fourth-order valence-corrected chi connectivity index (χ4v) is 3.44. The average Bonchev–Trinajstić information content (AvgIpc) is 2.80. The van der Waals surface area contributed by atoms with Crippen LogP contribution in [0.4, 0.5) is 25.0 Å². The number of nitrogens with zero attached hydrogens (tertiary/aromatic N) is 1. The molecular formula is C24H23F2N3O3S. The molecule has 0 aromatic heterocycles. The van der Waals surface area contributed by atoms with E-state index in [0.717, 1.165) is 9.87 Å². The monoisotopic (exact) mass is 471 g/mol. The zero-order valence-electron chi connectivity index (χ0n) is 18.1. The quantitative estimate of drug-likeness (QED) is 0.418. The average molecular weight is 472 g/mol. The third-order valence-corrected chi connectivity index (χ3v) is 5.31. The topological polar surface area (TPSA) is 70.7 Å². The van der Waals surface area contributed by atoms with Gasteiger partial charge in [0.25, 0.3) is 5.91 Å². The first-order chi connectivity index (χ1) is 15.8. The standard InChI is InChI=1S/C24H23F2N3O3S/c1-15-13-20(28-23(30)18-5-3-4-6-19(18)26)22(32-2)14-21(15)29(33)24(31)27-12-11-16-7-9-17(25)10-8-16/h3-10,13-14,33H,11-12H2,1-2H3,(H,27,31)(H,28,30). The van der Waals surface area contributed by atoms with E-state index >= 15 is 0 Å². The van der Waals surface area contributed by atoms with Crippen molar-refractivity contribution in [2.45, 2.75) is 13.3 Å². The van der Waals surface area contributed by atoms with Crippen molar-refractivity contribution < 1.29 is 23.1 Å². The second-order valence-corrected chi connectivity index (χ2v) is 7.59. The Morgan fingerprint density at radius 1 is 1.06 bits per heavy atom. The Labute approximate surface area is 196 Å². The Hall–Kier alpha value is -3.59. The van der Waals surface area contributed by atoms with Gasteiger partial charge in [-0.15, -0.1) is 0 Å². The van der Waals surface area contributed by atoms with Gasteiger partial charge in [-0.2, -0.15) is 0 Å². The summed E-state index contributed by atoms with van der Waals surface area (Å²) in [4.78, 5) is 25.0. The number of ether oxygens (including phenoxy) is 1. The molecule has 172 valence electrons. The van der Waals surface area contributed by atoms with Crippen LogP contribution in [0.15, 0.2) is 60.7 Å². The van der Waals surface area contributed by atoms with E-state index in [1.165, 1.54) is 37.4 Å². The molecule has 0 unspecified atom stereocenters. The van der Waals surface area contributed by atoms with Crippen LogP contribution in [0.3, 0.4) is 0 Å². The first-order valence-corrected chi connectivity index (χ1v) is 10.5. The van der Waals surface area contributed by atoms with Gasteiger partial charge in [-0.3, -0.25) is 4.79 Å². The predicted molar refractivity (Wildman–Crippen MR) is 127 cm³/mol. The molecule has 0 atom stereocenters. The molecule has 3 rings (SSSR count). The Morgan fingerprint density at radius 2 is 1.76 bits per heavy atom. The van der Waals surface area contributed by atoms with Crippen molar-refractivity contribution in [3.05, 3.63) is 89.0 Å². The lowest BCUT2D eigenvalue weighted by Gasteiger charge is -2.21. The summed E-state index contributed by atoms with van der Waals surface area (Å²) in [5.41, 5.74) is 2.18. The second-order valence-electron chi connectivity index (χ2n) is 7.19. The molecule has 0 aliphatic rings. The van der Waals surface area contributed by atoms with E-state index in [2.05, 4.69) is 23.4 Å². The summed E-state index contributed by atoms with van der Waals surface area (Å²) in [7, 11) is 1.42. The van der Waals surface area contributed by atoms with E-state index in [-0.39, 0.29) is 17.1 Å². The maximum atomic E-state index is 13.9. The summed E-state index contributed by atoms with van der Waals surface area (Å²) < 4.78 is 33.4. The smallest absolute Gasteiger partial charge is 0.331 e. The first kappa shape index (κ1) is 24.1. The van der Waals surface area contributed by atoms with Crippen molar-refractivity contribution >= 4 is 36.1 Å². The Kier molecular flexibility index (Phi) is 7.89. The number of hydrogen-bond donors (Lipinski definition) is 3. The molecule has 0 aliphatic heterocycles. The zero-order valence-corrected chi connectivity index (χ0v) is 19.0. The fourth-order valence-electron chi connectivity index (χ4n) is 3.16. The van der Waals surface area contributed by atoms with E-state index in [4.69, 9.17) is 4.74 Å². The van der Waals surface area contributed by atoms with Gasteiger partial charge in [0.1, 0.15) is 17.4 Å². The molecule has 3 aromatic rings. The van der Waals surface area contributed by atoms with Crippen molar-refractivity contribution in [1.29, 1.82) is 0 Å². The lowest BCUT2D eigenvalue weighted by molar-refractivity contribution is 0.102. The maximum absolute atomic E-state index is 13.9. The lowest BCUT2D eigenvalue weighted by atomic mass is 10.1. The Morgan fingerprint density at radius 3 is 2.42 bits per heavy atom. The molecule has 0 saturated carbocycles. The number of nitrogens with one attached hydrogen (secondary N) is 2. The number of rotatable bonds is 7. The molecule has 33 heavy (non-hydrogen) atoms. The van der Waals surface area contributed by atoms with Gasteiger partial charge < -0.3 is 15.4 Å². The summed E-state index contributed by atoms with van der Waals surface area (Å²) in [6.45, 7) is 2.07. The summed E-state index contributed by atoms with van der Waals surface area (Å²) in [6, 6.07) is 14.4. The van der Waals surface area contributed by atoms with Crippen LogP contribution >= 0.6 is 12.8 Å². The van der Waals surface area contributed by atoms with E-state index in [1.54, 1.807) is 37.3 Å². The predicted octanol–water partition coefficient (Wildman–Crippen LogP) is 5.14. The zero-order chi connectivity index (χ0) is 24.0. The number of benzene rings is 3. The number of aryl methyl sites for hydroxylation is 1. The molecule has 0 fully saturated rings. The highest BCUT2D eigenvalue weighted by molar-refractivity contribution is 7.82. The number of anilines is 2. The van der Waals surface area contributed by atoms with Crippen LogP contribution in [0.1, 0.15) is 21.5 Å². The Bertz CT molecular complexity index is 1160. The highest BCUT2D eigenvalue weighted by Crippen LogP contribution is 2.34. The minimum absolute atomic E-state index is 0.0994. The van der Waals surface area contributed by atoms with E-state index in [1.807, 2.05) is 0 Å². The van der Waals surface area contributed by atoms with Gasteiger partial charge in [0.15, 0.2) is 0 Å². The van der Waals surface area contributed by atoms with Crippen LogP contribution in [0.2, 0.25) is 0 Å². The number of halogens is 2. The number of thiol groups is 1. The van der Waals surface area contributed by atoms with Crippen molar-refractivity contribution in [3.8, 4) is 5.75 Å². The summed E-state index contributed by atoms with van der Waals surface area (Å²) >= 11 is 4.30. The molecule has 6 nitrogen and oxygen atoms in total. The van der Waals surface area contributed by atoms with E-state index in [9.17, 15) is 18.4 Å². The summed E-state index contributed by atoms with van der Waals surface area (Å²) in [5.74, 6) is -1.30. The molecule has 0 radical (unpaired) electrons. The molecule has 9 heteroatoms. The first-order valence-electron chi connectivity index (χ1n) is 10.1. The number of carbonyl (C=O) groups excluding carboxylic acids is 2. The SMILES string of the molecule is COc1cc(N(S)C(=O)NCCc2ccc(F)cc2)c(C)cc1NC(=O)c1ccccc1F. The summed E-state index contributed by atoms with van der Waals surface area (Å²) in [6.07, 6.45) is 0.525. The van der Waals surface area contributed by atoms with Crippen LogP contribution in [-0.2, 0) is 6.42 Å². The molecule has 0 bridgehead atoms. The number of amides is 3. The minimum atomic E-state index is -0.638. The third-order valence-electron chi connectivity index (χ3n) is 4.91. The van der Waals surface area contributed by atoms with Gasteiger partial charge in [-0.1, -0.05) is 37.1 Å². The van der Waals surface area contributed by atoms with Gasteiger partial charge in [-0.05, 0) is 54.8 Å². The molecule has 0 aliphatic carbocycles. The molecule has 0 heterocycles. The Balaban J connectivity index is 1.69. The van der Waals surface area contributed by atoms with E-state index in [0.29, 0.717) is 29.9 Å². The van der Waals surface area contributed by atoms with Crippen molar-refractivity contribution in [2.24, 2.45) is 0 Å². The highest BCUT2D eigenvalue weighted by atomic mass is 32.1. The number of urea groups is 1. The molecule has 3 aromatic carbocycles. The number of hydrogen-bond acceptors (Lipinski definition) is 4. The largest absolute Gasteiger partial charge is 0.494 e. The third kappa shape index (κ3) is 6.01. The molecule has 0 saturated heterocycles. The fraction of sp³-hybridized carbons (Fsp3) is 0.167. The second kappa shape index (κ2) is 10.8. The van der Waals surface area contributed by atoms with Crippen LogP contribution < -0.4 is 19.7 Å². The van der Waals surface area contributed by atoms with Crippen LogP contribution in [0, 0.1) is 18.6 Å². The molecule has 3 amide bonds. The highest BCUT2D eigenvalue weighted by Gasteiger charge is 2.19. The maximum Gasteiger partial charge on any atom is 0.331 e. The number of carbonyl (C=O) groups is 2. The molecular weight excluding hydrogens is 448 g/mol. The van der Waals surface area contributed by atoms with Crippen molar-refractivity contribution in [2.75, 3.05) is 23.3 Å². The van der Waals surface area contributed by atoms with Gasteiger partial charge in [0, 0.05) is 12.6 Å². The van der Waals surface area contributed by atoms with Gasteiger partial charge in [-0.25, -0.2) is 17.9 Å². The van der Waals surface area contributed by atoms with Gasteiger partial charge in [0.2, 0.25) is 0 Å². The normalized spacial score (nSPS) is 10.5.